The van der Waals surface area contributed by atoms with Gasteiger partial charge in [-0.05, 0) is 55.1 Å². The maximum absolute atomic E-state index is 13.4. The molecule has 2 N–H and O–H groups in total. The molecular formula is C28H29N5O3. The summed E-state index contributed by atoms with van der Waals surface area (Å²) in [5, 5.41) is 13.0. The van der Waals surface area contributed by atoms with Gasteiger partial charge in [0.2, 0.25) is 0 Å². The number of carboxylic acid groups (broad SMARTS) is 1. The molecule has 3 heterocycles. The molecular weight excluding hydrogens is 454 g/mol. The van der Waals surface area contributed by atoms with Crippen molar-refractivity contribution in [3.8, 4) is 0 Å². The molecule has 2 aliphatic heterocycles. The number of amides is 1. The summed E-state index contributed by atoms with van der Waals surface area (Å²) < 4.78 is 0. The first-order chi connectivity index (χ1) is 17.4. The molecule has 0 spiro atoms. The summed E-state index contributed by atoms with van der Waals surface area (Å²) in [4.78, 5) is 35.6. The fourth-order valence-corrected chi connectivity index (χ4v) is 4.69. The molecule has 8 heteroatoms. The van der Waals surface area contributed by atoms with Crippen LogP contribution in [-0.2, 0) is 11.3 Å². The molecule has 1 aromatic heterocycles. The summed E-state index contributed by atoms with van der Waals surface area (Å²) in [6.45, 7) is 5.17. The lowest BCUT2D eigenvalue weighted by molar-refractivity contribution is -0.112. The number of aromatic carboxylic acids is 1. The number of hydrogen-bond donors (Lipinski definition) is 2. The number of nitrogens with zero attached hydrogens (tertiary/aromatic N) is 4. The van der Waals surface area contributed by atoms with Crippen LogP contribution in [0.5, 0.6) is 0 Å². The second kappa shape index (κ2) is 9.93. The van der Waals surface area contributed by atoms with Crippen LogP contribution in [0.3, 0.4) is 0 Å². The Morgan fingerprint density at radius 3 is 2.42 bits per heavy atom. The molecule has 1 amide bonds. The van der Waals surface area contributed by atoms with Gasteiger partial charge in [0.25, 0.3) is 5.91 Å². The lowest BCUT2D eigenvalue weighted by Crippen LogP contribution is -2.43. The standard InChI is InChI=1S/C28H29N5O3/c1-31-12-14-33(15-13-31)18-19-5-8-22(9-6-19)30-26(21-4-3-11-29-17-21)25-23-16-20(28(35)36)7-10-24(23)32(2)27(25)34/h3-11,16-17,30H,12-15,18H2,1-2H3,(H,35,36). The van der Waals surface area contributed by atoms with Crippen LogP contribution in [0.15, 0.2) is 67.0 Å². The normalized spacial score (nSPS) is 17.7. The van der Waals surface area contributed by atoms with Crippen LogP contribution in [-0.4, -0.2) is 72.0 Å². The van der Waals surface area contributed by atoms with Crippen LogP contribution in [0.4, 0.5) is 11.4 Å². The second-order valence-corrected chi connectivity index (χ2v) is 9.29. The van der Waals surface area contributed by atoms with Crippen molar-refractivity contribution in [3.05, 3.63) is 89.2 Å². The number of hydrogen-bond acceptors (Lipinski definition) is 6. The van der Waals surface area contributed by atoms with Gasteiger partial charge in [-0.2, -0.15) is 0 Å². The van der Waals surface area contributed by atoms with Crippen molar-refractivity contribution in [2.75, 3.05) is 50.5 Å². The third kappa shape index (κ3) is 4.73. The third-order valence-electron chi connectivity index (χ3n) is 6.82. The molecule has 2 aliphatic rings. The lowest BCUT2D eigenvalue weighted by Gasteiger charge is -2.32. The number of likely N-dealkylation sites (N-methyl/N-ethyl adjacent to an activating group) is 2. The Hall–Kier alpha value is -4.01. The molecule has 0 bridgehead atoms. The van der Waals surface area contributed by atoms with Crippen molar-refractivity contribution >= 4 is 34.5 Å². The summed E-state index contributed by atoms with van der Waals surface area (Å²) in [5.41, 5.74) is 5.21. The van der Waals surface area contributed by atoms with Gasteiger partial charge in [0.05, 0.1) is 22.5 Å². The number of piperazine rings is 1. The Morgan fingerprint density at radius 2 is 1.75 bits per heavy atom. The zero-order valence-corrected chi connectivity index (χ0v) is 20.4. The number of pyridine rings is 1. The van der Waals surface area contributed by atoms with E-state index in [1.807, 2.05) is 24.3 Å². The Morgan fingerprint density at radius 1 is 1.00 bits per heavy atom. The fraction of sp³-hybridized carbons (Fsp3) is 0.250. The van der Waals surface area contributed by atoms with E-state index < -0.39 is 5.97 Å². The maximum Gasteiger partial charge on any atom is 0.335 e. The van der Waals surface area contributed by atoms with E-state index in [-0.39, 0.29) is 11.5 Å². The van der Waals surface area contributed by atoms with Gasteiger partial charge < -0.3 is 20.2 Å². The number of carboxylic acids is 1. The van der Waals surface area contributed by atoms with Crippen LogP contribution in [0.1, 0.15) is 27.0 Å². The Labute approximate surface area is 210 Å². The molecule has 1 fully saturated rings. The molecule has 5 rings (SSSR count). The monoisotopic (exact) mass is 483 g/mol. The first kappa shape index (κ1) is 23.7. The predicted octanol–water partition coefficient (Wildman–Crippen LogP) is 3.48. The van der Waals surface area contributed by atoms with Crippen LogP contribution >= 0.6 is 0 Å². The van der Waals surface area contributed by atoms with Crippen molar-refractivity contribution in [2.45, 2.75) is 6.54 Å². The summed E-state index contributed by atoms with van der Waals surface area (Å²) in [7, 11) is 3.85. The predicted molar refractivity (Wildman–Crippen MR) is 141 cm³/mol. The quantitative estimate of drug-likeness (QED) is 0.519. The molecule has 8 nitrogen and oxygen atoms in total. The second-order valence-electron chi connectivity index (χ2n) is 9.29. The van der Waals surface area contributed by atoms with Crippen molar-refractivity contribution in [2.24, 2.45) is 0 Å². The van der Waals surface area contributed by atoms with Gasteiger partial charge in [0.1, 0.15) is 0 Å². The highest BCUT2D eigenvalue weighted by Crippen LogP contribution is 2.40. The number of nitrogens with one attached hydrogen (secondary N) is 1. The summed E-state index contributed by atoms with van der Waals surface area (Å²) in [6.07, 6.45) is 3.38. The average Bonchev–Trinajstić information content (AvgIpc) is 3.14. The van der Waals surface area contributed by atoms with Crippen molar-refractivity contribution < 1.29 is 14.7 Å². The smallest absolute Gasteiger partial charge is 0.335 e. The highest BCUT2D eigenvalue weighted by atomic mass is 16.4. The Kier molecular flexibility index (Phi) is 6.54. The summed E-state index contributed by atoms with van der Waals surface area (Å²) in [6, 6.07) is 16.7. The fourth-order valence-electron chi connectivity index (χ4n) is 4.69. The molecule has 0 atom stereocenters. The number of carbonyl (C=O) groups is 2. The molecule has 3 aromatic rings. The number of anilines is 2. The van der Waals surface area contributed by atoms with Crippen molar-refractivity contribution in [1.29, 1.82) is 0 Å². The average molecular weight is 484 g/mol. The summed E-state index contributed by atoms with van der Waals surface area (Å²) in [5.74, 6) is -1.24. The van der Waals surface area contributed by atoms with Crippen LogP contribution in [0.25, 0.3) is 11.3 Å². The van der Waals surface area contributed by atoms with E-state index in [2.05, 4.69) is 39.3 Å². The largest absolute Gasteiger partial charge is 0.478 e. The number of carbonyl (C=O) groups excluding carboxylic acids is 1. The molecule has 0 radical (unpaired) electrons. The minimum Gasteiger partial charge on any atom is -0.478 e. The third-order valence-corrected chi connectivity index (χ3v) is 6.82. The van der Waals surface area contributed by atoms with E-state index in [4.69, 9.17) is 0 Å². The first-order valence-corrected chi connectivity index (χ1v) is 12.0. The van der Waals surface area contributed by atoms with E-state index in [1.54, 1.807) is 36.5 Å². The zero-order chi connectivity index (χ0) is 25.2. The minimum atomic E-state index is -1.04. The number of aromatic nitrogens is 1. The van der Waals surface area contributed by atoms with Crippen LogP contribution in [0.2, 0.25) is 0 Å². The van der Waals surface area contributed by atoms with Gasteiger partial charge in [-0.3, -0.25) is 14.7 Å². The van der Waals surface area contributed by atoms with Crippen LogP contribution < -0.4 is 10.2 Å². The van der Waals surface area contributed by atoms with Crippen molar-refractivity contribution in [1.82, 2.24) is 14.8 Å². The van der Waals surface area contributed by atoms with Gasteiger partial charge in [0, 0.05) is 69.0 Å². The molecule has 0 unspecified atom stereocenters. The number of benzene rings is 2. The number of fused-ring (bicyclic) bond motifs is 1. The number of rotatable bonds is 6. The molecule has 2 aromatic carbocycles. The Balaban J connectivity index is 1.50. The van der Waals surface area contributed by atoms with Gasteiger partial charge in [-0.1, -0.05) is 12.1 Å². The summed E-state index contributed by atoms with van der Waals surface area (Å²) >= 11 is 0. The van der Waals surface area contributed by atoms with Gasteiger partial charge in [-0.25, -0.2) is 4.79 Å². The highest BCUT2D eigenvalue weighted by Gasteiger charge is 2.34. The SMILES string of the molecule is CN1CCN(Cc2ccc(NC(=C3C(=O)N(C)c4ccc(C(=O)O)cc43)c3cccnc3)cc2)CC1. The molecule has 36 heavy (non-hydrogen) atoms. The van der Waals surface area contributed by atoms with Crippen LogP contribution in [0, 0.1) is 0 Å². The Bertz CT molecular complexity index is 1310. The zero-order valence-electron chi connectivity index (χ0n) is 20.4. The first-order valence-electron chi connectivity index (χ1n) is 12.0. The lowest BCUT2D eigenvalue weighted by atomic mass is 9.99. The van der Waals surface area contributed by atoms with E-state index in [9.17, 15) is 14.7 Å². The highest BCUT2D eigenvalue weighted by molar-refractivity contribution is 6.38. The minimum absolute atomic E-state index is 0.133. The molecule has 0 saturated carbocycles. The molecule has 1 saturated heterocycles. The molecule has 0 aliphatic carbocycles. The van der Waals surface area contributed by atoms with E-state index >= 15 is 0 Å². The van der Waals surface area contributed by atoms with Crippen molar-refractivity contribution in [3.63, 3.8) is 0 Å². The van der Waals surface area contributed by atoms with E-state index in [1.165, 1.54) is 11.6 Å². The topological polar surface area (TPSA) is 89.0 Å². The molecule has 184 valence electrons. The maximum atomic E-state index is 13.4. The van der Waals surface area contributed by atoms with Gasteiger partial charge in [-0.15, -0.1) is 0 Å². The van der Waals surface area contributed by atoms with Gasteiger partial charge in [0.15, 0.2) is 0 Å². The van der Waals surface area contributed by atoms with E-state index in [0.29, 0.717) is 22.5 Å². The van der Waals surface area contributed by atoms with E-state index in [0.717, 1.165) is 44.0 Å². The van der Waals surface area contributed by atoms with Gasteiger partial charge >= 0.3 is 5.97 Å².